The molecule has 0 unspecified atom stereocenters. The second kappa shape index (κ2) is 6.53. The number of hydrogen-bond acceptors (Lipinski definition) is 8. The maximum atomic E-state index is 9.77. The minimum absolute atomic E-state index is 0.114. The number of aliphatic hydroxyl groups excluding tert-OH is 3. The Morgan fingerprint density at radius 2 is 2.06 bits per heavy atom. The predicted octanol–water partition coefficient (Wildman–Crippen LogP) is -1.64. The first-order chi connectivity index (χ1) is 8.01. The summed E-state index contributed by atoms with van der Waals surface area (Å²) in [6.07, 6.45) is -4.29. The van der Waals surface area contributed by atoms with Crippen LogP contribution in [0.2, 0.25) is 0 Å². The second-order valence-corrected chi connectivity index (χ2v) is 4.14. The van der Waals surface area contributed by atoms with E-state index < -0.39 is 36.5 Å². The van der Waals surface area contributed by atoms with Crippen LogP contribution in [-0.4, -0.2) is 71.4 Å². The van der Waals surface area contributed by atoms with Crippen LogP contribution in [0.4, 0.5) is 0 Å². The highest BCUT2D eigenvalue weighted by molar-refractivity contribution is 7.80. The molecular formula is C9H17NO6S. The van der Waals surface area contributed by atoms with Crippen molar-refractivity contribution >= 4 is 18.5 Å². The van der Waals surface area contributed by atoms with E-state index in [4.69, 9.17) is 20.0 Å². The van der Waals surface area contributed by atoms with Gasteiger partial charge in [0.15, 0.2) is 0 Å². The van der Waals surface area contributed by atoms with Crippen LogP contribution in [0.15, 0.2) is 0 Å². The van der Waals surface area contributed by atoms with Gasteiger partial charge in [-0.2, -0.15) is 0 Å². The van der Waals surface area contributed by atoms with Crippen LogP contribution < -0.4 is 0 Å². The molecule has 0 bridgehead atoms. The maximum Gasteiger partial charge on any atom is 0.206 e. The van der Waals surface area contributed by atoms with Crippen molar-refractivity contribution in [2.45, 2.75) is 29.9 Å². The first-order valence-corrected chi connectivity index (χ1v) is 5.56. The molecule has 0 radical (unpaired) electrons. The van der Waals surface area contributed by atoms with Gasteiger partial charge in [0.2, 0.25) is 5.90 Å². The average molecular weight is 267 g/mol. The molecule has 0 aromatic rings. The Hall–Kier alpha value is -0.380. The predicted molar refractivity (Wildman–Crippen MR) is 61.2 cm³/mol. The Bertz CT molecular complexity index is 266. The van der Waals surface area contributed by atoms with Gasteiger partial charge < -0.3 is 29.5 Å². The van der Waals surface area contributed by atoms with Crippen molar-refractivity contribution in [1.82, 2.24) is 0 Å². The normalized spacial score (nSPS) is 37.8. The SMILES string of the molecule is COC(=N)CO[C@@H]1[C@@H](O)[C@@H](O)[C@@H](CO)O[C@H]1S. The molecule has 1 heterocycles. The van der Waals surface area contributed by atoms with Gasteiger partial charge in [0.25, 0.3) is 0 Å². The van der Waals surface area contributed by atoms with Crippen LogP contribution in [0.5, 0.6) is 0 Å². The van der Waals surface area contributed by atoms with Crippen molar-refractivity contribution in [3.05, 3.63) is 0 Å². The zero-order valence-corrected chi connectivity index (χ0v) is 10.2. The Labute approximate surface area is 104 Å². The van der Waals surface area contributed by atoms with Crippen LogP contribution in [0, 0.1) is 5.41 Å². The number of ether oxygens (including phenoxy) is 3. The molecule has 17 heavy (non-hydrogen) atoms. The Kier molecular flexibility index (Phi) is 5.63. The van der Waals surface area contributed by atoms with E-state index in [2.05, 4.69) is 17.4 Å². The number of thiol groups is 1. The van der Waals surface area contributed by atoms with E-state index in [1.807, 2.05) is 0 Å². The third-order valence-corrected chi connectivity index (χ3v) is 2.91. The minimum atomic E-state index is -1.26. The lowest BCUT2D eigenvalue weighted by atomic mass is 10.0. The Morgan fingerprint density at radius 3 is 2.59 bits per heavy atom. The summed E-state index contributed by atoms with van der Waals surface area (Å²) < 4.78 is 14.9. The Balaban J connectivity index is 2.57. The lowest BCUT2D eigenvalue weighted by molar-refractivity contribution is -0.215. The van der Waals surface area contributed by atoms with E-state index in [9.17, 15) is 10.2 Å². The molecule has 8 heteroatoms. The molecule has 4 N–H and O–H groups in total. The average Bonchev–Trinajstić information content (AvgIpc) is 2.33. The van der Waals surface area contributed by atoms with Gasteiger partial charge in [-0.15, -0.1) is 12.6 Å². The summed E-state index contributed by atoms with van der Waals surface area (Å²) in [6, 6.07) is 0. The third-order valence-electron chi connectivity index (χ3n) is 2.50. The molecule has 0 amide bonds. The fourth-order valence-corrected chi connectivity index (χ4v) is 1.90. The molecule has 1 saturated heterocycles. The smallest absolute Gasteiger partial charge is 0.206 e. The molecular weight excluding hydrogens is 250 g/mol. The monoisotopic (exact) mass is 267 g/mol. The molecule has 0 aromatic carbocycles. The fraction of sp³-hybridized carbons (Fsp3) is 0.889. The summed E-state index contributed by atoms with van der Waals surface area (Å²) in [6.45, 7) is -0.578. The number of nitrogens with one attached hydrogen (secondary N) is 1. The number of aliphatic hydroxyl groups is 3. The van der Waals surface area contributed by atoms with E-state index in [0.717, 1.165) is 0 Å². The van der Waals surface area contributed by atoms with Crippen molar-refractivity contribution in [2.24, 2.45) is 0 Å². The molecule has 1 rings (SSSR count). The van der Waals surface area contributed by atoms with E-state index in [1.54, 1.807) is 0 Å². The maximum absolute atomic E-state index is 9.77. The zero-order valence-electron chi connectivity index (χ0n) is 9.31. The van der Waals surface area contributed by atoms with Crippen molar-refractivity contribution in [2.75, 3.05) is 20.3 Å². The first-order valence-electron chi connectivity index (χ1n) is 5.04. The van der Waals surface area contributed by atoms with Crippen LogP contribution in [0.1, 0.15) is 0 Å². The van der Waals surface area contributed by atoms with Gasteiger partial charge in [-0.05, 0) is 0 Å². The van der Waals surface area contributed by atoms with Crippen LogP contribution in [-0.2, 0) is 14.2 Å². The molecule has 1 aliphatic rings. The van der Waals surface area contributed by atoms with E-state index in [0.29, 0.717) is 0 Å². The molecule has 1 aliphatic heterocycles. The van der Waals surface area contributed by atoms with E-state index in [-0.39, 0.29) is 12.5 Å². The Morgan fingerprint density at radius 1 is 1.41 bits per heavy atom. The van der Waals surface area contributed by atoms with E-state index in [1.165, 1.54) is 7.11 Å². The van der Waals surface area contributed by atoms with Crippen molar-refractivity contribution in [1.29, 1.82) is 5.41 Å². The van der Waals surface area contributed by atoms with E-state index >= 15 is 0 Å². The third kappa shape index (κ3) is 3.54. The quantitative estimate of drug-likeness (QED) is 0.237. The minimum Gasteiger partial charge on any atom is -0.483 e. The number of methoxy groups -OCH3 is 1. The van der Waals surface area contributed by atoms with Gasteiger partial charge in [-0.3, -0.25) is 5.41 Å². The molecule has 1 fully saturated rings. The molecule has 0 spiro atoms. The molecule has 5 atom stereocenters. The lowest BCUT2D eigenvalue weighted by Crippen LogP contribution is -2.58. The standard InChI is InChI=1S/C9H17NO6S/c1-14-5(10)3-15-8-7(13)6(12)4(2-11)16-9(8)17/h4,6-13,17H,2-3H2,1H3/t4-,6+,7+,8-,9+/m1/s1. The molecule has 7 nitrogen and oxygen atoms in total. The summed E-state index contributed by atoms with van der Waals surface area (Å²) in [5.41, 5.74) is -0.796. The van der Waals surface area contributed by atoms with Crippen molar-refractivity contribution < 1.29 is 29.5 Å². The van der Waals surface area contributed by atoms with Gasteiger partial charge >= 0.3 is 0 Å². The summed E-state index contributed by atoms with van der Waals surface area (Å²) in [7, 11) is 1.33. The van der Waals surface area contributed by atoms with Gasteiger partial charge in [0, 0.05) is 0 Å². The summed E-state index contributed by atoms with van der Waals surface area (Å²) in [5, 5.41) is 35.5. The highest BCUT2D eigenvalue weighted by Gasteiger charge is 2.43. The first kappa shape index (κ1) is 14.7. The topological polar surface area (TPSA) is 112 Å². The van der Waals surface area contributed by atoms with Crippen molar-refractivity contribution in [3.8, 4) is 0 Å². The number of rotatable bonds is 4. The van der Waals surface area contributed by atoms with Crippen LogP contribution >= 0.6 is 12.6 Å². The van der Waals surface area contributed by atoms with Crippen LogP contribution in [0.3, 0.4) is 0 Å². The highest BCUT2D eigenvalue weighted by Crippen LogP contribution is 2.25. The molecule has 0 saturated carbocycles. The van der Waals surface area contributed by atoms with Crippen LogP contribution in [0.25, 0.3) is 0 Å². The zero-order chi connectivity index (χ0) is 13.0. The van der Waals surface area contributed by atoms with Gasteiger partial charge in [-0.1, -0.05) is 0 Å². The lowest BCUT2D eigenvalue weighted by Gasteiger charge is -2.40. The van der Waals surface area contributed by atoms with Gasteiger partial charge in [0.1, 0.15) is 36.5 Å². The molecule has 100 valence electrons. The second-order valence-electron chi connectivity index (χ2n) is 3.63. The number of hydrogen-bond donors (Lipinski definition) is 5. The summed E-state index contributed by atoms with van der Waals surface area (Å²) >= 11 is 4.06. The van der Waals surface area contributed by atoms with Crippen molar-refractivity contribution in [3.63, 3.8) is 0 Å². The van der Waals surface area contributed by atoms with Gasteiger partial charge in [0.05, 0.1) is 13.7 Å². The highest BCUT2D eigenvalue weighted by atomic mass is 32.1. The van der Waals surface area contributed by atoms with Gasteiger partial charge in [-0.25, -0.2) is 0 Å². The largest absolute Gasteiger partial charge is 0.483 e. The molecule has 0 aliphatic carbocycles. The summed E-state index contributed by atoms with van der Waals surface area (Å²) in [5.74, 6) is -0.114. The summed E-state index contributed by atoms with van der Waals surface area (Å²) in [4.78, 5) is 0. The fourth-order valence-electron chi connectivity index (χ4n) is 1.48. The molecule has 0 aromatic heterocycles.